The second-order valence-electron chi connectivity index (χ2n) is 10.5. The van der Waals surface area contributed by atoms with E-state index in [9.17, 15) is 19.2 Å². The van der Waals surface area contributed by atoms with E-state index in [1.54, 1.807) is 4.90 Å². The molecule has 4 fully saturated rings. The number of likely N-dealkylation sites (tertiary alicyclic amines) is 2. The van der Waals surface area contributed by atoms with Gasteiger partial charge in [0.15, 0.2) is 0 Å². The van der Waals surface area contributed by atoms with Gasteiger partial charge in [-0.2, -0.15) is 0 Å². The van der Waals surface area contributed by atoms with Gasteiger partial charge in [-0.1, -0.05) is 34.1 Å². The minimum absolute atomic E-state index is 0.0228. The number of nitrogens with one attached hydrogen (secondary N) is 1. The minimum Gasteiger partial charge on any atom is -0.449 e. The highest BCUT2D eigenvalue weighted by Gasteiger charge is 2.68. The molecule has 2 aliphatic heterocycles. The Bertz CT molecular complexity index is 771. The van der Waals surface area contributed by atoms with Crippen molar-refractivity contribution in [1.29, 1.82) is 0 Å². The Morgan fingerprint density at radius 3 is 2.32 bits per heavy atom. The number of ether oxygens (including phenoxy) is 1. The van der Waals surface area contributed by atoms with Crippen molar-refractivity contribution in [1.82, 2.24) is 15.1 Å². The number of carbonyl (C=O) groups excluding carboxylic acids is 4. The van der Waals surface area contributed by atoms with Crippen molar-refractivity contribution in [3.8, 4) is 0 Å². The summed E-state index contributed by atoms with van der Waals surface area (Å²) in [6.07, 6.45) is 4.12. The summed E-state index contributed by atoms with van der Waals surface area (Å²) in [4.78, 5) is 55.5. The van der Waals surface area contributed by atoms with E-state index in [4.69, 9.17) is 4.74 Å². The van der Waals surface area contributed by atoms with Crippen LogP contribution in [0, 0.1) is 23.2 Å². The third-order valence-corrected chi connectivity index (χ3v) is 7.36. The van der Waals surface area contributed by atoms with E-state index in [0.29, 0.717) is 13.0 Å². The molecule has 8 nitrogen and oxygen atoms in total. The van der Waals surface area contributed by atoms with Crippen molar-refractivity contribution in [2.24, 2.45) is 23.2 Å². The van der Waals surface area contributed by atoms with E-state index in [-0.39, 0.29) is 54.2 Å². The molecule has 2 saturated heterocycles. The summed E-state index contributed by atoms with van der Waals surface area (Å²) in [6.45, 7) is 8.47. The van der Waals surface area contributed by atoms with Crippen molar-refractivity contribution >= 4 is 23.8 Å². The molecule has 0 radical (unpaired) electrons. The number of fused-ring (bicyclic) bond motifs is 2. The summed E-state index contributed by atoms with van der Waals surface area (Å²) >= 11 is 0. The Morgan fingerprint density at radius 2 is 1.81 bits per heavy atom. The highest BCUT2D eigenvalue weighted by molar-refractivity contribution is 6.04. The number of nitrogens with zero attached hydrogens (tertiary/aromatic N) is 2. The van der Waals surface area contributed by atoms with Crippen LogP contribution in [0.3, 0.4) is 0 Å². The smallest absolute Gasteiger partial charge is 0.407 e. The molecule has 1 N–H and O–H groups in total. The van der Waals surface area contributed by atoms with Crippen molar-refractivity contribution in [3.05, 3.63) is 0 Å². The molecule has 0 bridgehead atoms. The van der Waals surface area contributed by atoms with Gasteiger partial charge in [0.25, 0.3) is 0 Å². The number of rotatable bonds is 6. The lowest BCUT2D eigenvalue weighted by Gasteiger charge is -2.44. The first kappa shape index (κ1) is 22.1. The van der Waals surface area contributed by atoms with Crippen LogP contribution in [0.4, 0.5) is 4.79 Å². The summed E-state index contributed by atoms with van der Waals surface area (Å²) < 4.78 is 5.23. The molecule has 0 aromatic rings. The number of hydrogen-bond acceptors (Lipinski definition) is 5. The lowest BCUT2D eigenvalue weighted by atomic mass is 9.64. The molecule has 0 aromatic carbocycles. The number of hydrogen-bond donors (Lipinski definition) is 1. The molecule has 31 heavy (non-hydrogen) atoms. The van der Waals surface area contributed by atoms with Crippen molar-refractivity contribution in [2.75, 3.05) is 13.2 Å². The Balaban J connectivity index is 1.53. The predicted octanol–water partition coefficient (Wildman–Crippen LogP) is 2.31. The van der Waals surface area contributed by atoms with E-state index in [1.165, 1.54) is 4.90 Å². The zero-order valence-electron chi connectivity index (χ0n) is 19.1. The summed E-state index contributed by atoms with van der Waals surface area (Å²) in [5.74, 6) is -0.246. The van der Waals surface area contributed by atoms with E-state index in [0.717, 1.165) is 32.1 Å². The lowest BCUT2D eigenvalue weighted by Crippen LogP contribution is -2.58. The van der Waals surface area contributed by atoms with Gasteiger partial charge in [-0.3, -0.25) is 19.3 Å². The van der Waals surface area contributed by atoms with Gasteiger partial charge in [0.1, 0.15) is 6.04 Å². The topological polar surface area (TPSA) is 96.0 Å². The van der Waals surface area contributed by atoms with Gasteiger partial charge >= 0.3 is 6.09 Å². The van der Waals surface area contributed by atoms with Crippen LogP contribution < -0.4 is 5.32 Å². The minimum atomic E-state index is -0.723. The predicted molar refractivity (Wildman–Crippen MR) is 113 cm³/mol. The first-order valence-electron chi connectivity index (χ1n) is 11.8. The van der Waals surface area contributed by atoms with E-state index >= 15 is 0 Å². The standard InChI is InChI=1S/C23H35N3O5/c1-13(2)12-31-22(30)24-17(14(3)4)20(28)25-11-8-16-18(25)23(9-5-10-23)21(29)26(16)19(27)15-6-7-15/h13-18H,5-12H2,1-4H3,(H,24,30)/t16-,17+,18+/m1/s1. The van der Waals surface area contributed by atoms with Crippen LogP contribution in [0.5, 0.6) is 0 Å². The Hall–Kier alpha value is -2.12. The SMILES string of the molecule is CC(C)COC(=O)N[C@H](C(=O)N1CC[C@@H]2[C@H]1C1(CCC1)C(=O)N2C(=O)C1CC1)C(C)C. The number of imide groups is 1. The van der Waals surface area contributed by atoms with Gasteiger partial charge < -0.3 is 15.0 Å². The molecule has 0 aromatic heterocycles. The van der Waals surface area contributed by atoms with Gasteiger partial charge in [0, 0.05) is 12.5 Å². The van der Waals surface area contributed by atoms with Crippen LogP contribution in [0.2, 0.25) is 0 Å². The van der Waals surface area contributed by atoms with E-state index in [2.05, 4.69) is 5.32 Å². The zero-order chi connectivity index (χ0) is 22.5. The van der Waals surface area contributed by atoms with Crippen LogP contribution in [0.1, 0.15) is 66.2 Å². The van der Waals surface area contributed by atoms with Crippen LogP contribution in [-0.4, -0.2) is 64.9 Å². The summed E-state index contributed by atoms with van der Waals surface area (Å²) in [6, 6.07) is -1.23. The van der Waals surface area contributed by atoms with Crippen LogP contribution in [0.15, 0.2) is 0 Å². The van der Waals surface area contributed by atoms with E-state index < -0.39 is 17.6 Å². The second-order valence-corrected chi connectivity index (χ2v) is 10.5. The second kappa shape index (κ2) is 8.10. The Labute approximate surface area is 184 Å². The monoisotopic (exact) mass is 433 g/mol. The molecule has 3 atom stereocenters. The Kier molecular flexibility index (Phi) is 5.77. The number of amides is 4. The molecule has 1 spiro atoms. The van der Waals surface area contributed by atoms with E-state index in [1.807, 2.05) is 27.7 Å². The highest BCUT2D eigenvalue weighted by Crippen LogP contribution is 2.56. The first-order chi connectivity index (χ1) is 14.7. The van der Waals surface area contributed by atoms with Gasteiger partial charge in [0.2, 0.25) is 17.7 Å². The van der Waals surface area contributed by atoms with Gasteiger partial charge in [-0.15, -0.1) is 0 Å². The zero-order valence-corrected chi connectivity index (χ0v) is 19.1. The molecular formula is C23H35N3O5. The summed E-state index contributed by atoms with van der Waals surface area (Å²) in [5.41, 5.74) is -0.624. The largest absolute Gasteiger partial charge is 0.449 e. The maximum absolute atomic E-state index is 13.6. The number of carbonyl (C=O) groups is 4. The summed E-state index contributed by atoms with van der Waals surface area (Å²) in [7, 11) is 0. The summed E-state index contributed by atoms with van der Waals surface area (Å²) in [5, 5.41) is 2.75. The van der Waals surface area contributed by atoms with Crippen molar-refractivity contribution in [3.63, 3.8) is 0 Å². The quantitative estimate of drug-likeness (QED) is 0.649. The molecule has 4 amide bonds. The van der Waals surface area contributed by atoms with Gasteiger partial charge in [0.05, 0.1) is 24.1 Å². The molecule has 172 valence electrons. The van der Waals surface area contributed by atoms with Crippen LogP contribution in [-0.2, 0) is 19.1 Å². The van der Waals surface area contributed by atoms with Gasteiger partial charge in [-0.05, 0) is 43.9 Å². The van der Waals surface area contributed by atoms with Gasteiger partial charge in [-0.25, -0.2) is 4.79 Å². The first-order valence-corrected chi connectivity index (χ1v) is 11.8. The molecule has 4 aliphatic rings. The molecule has 4 rings (SSSR count). The molecule has 8 heteroatoms. The van der Waals surface area contributed by atoms with Crippen molar-refractivity contribution < 1.29 is 23.9 Å². The maximum atomic E-state index is 13.6. The number of alkyl carbamates (subject to hydrolysis) is 1. The highest BCUT2D eigenvalue weighted by atomic mass is 16.5. The van der Waals surface area contributed by atoms with Crippen LogP contribution in [0.25, 0.3) is 0 Å². The molecule has 2 heterocycles. The third kappa shape index (κ3) is 3.72. The maximum Gasteiger partial charge on any atom is 0.407 e. The molecule has 2 aliphatic carbocycles. The third-order valence-electron chi connectivity index (χ3n) is 7.36. The fourth-order valence-electron chi connectivity index (χ4n) is 5.44. The Morgan fingerprint density at radius 1 is 1.13 bits per heavy atom. The lowest BCUT2D eigenvalue weighted by molar-refractivity contribution is -0.152. The average Bonchev–Trinajstić information content (AvgIpc) is 3.38. The average molecular weight is 434 g/mol. The van der Waals surface area contributed by atoms with Crippen molar-refractivity contribution in [2.45, 2.75) is 84.3 Å². The van der Waals surface area contributed by atoms with Crippen LogP contribution >= 0.6 is 0 Å². The molecule has 0 unspecified atom stereocenters. The fraction of sp³-hybridized carbons (Fsp3) is 0.826. The normalized spacial score (nSPS) is 27.5. The fourth-order valence-corrected chi connectivity index (χ4v) is 5.44. The molecule has 2 saturated carbocycles. The molecular weight excluding hydrogens is 398 g/mol.